The van der Waals surface area contributed by atoms with Crippen LogP contribution < -0.4 is 9.47 Å². The molecule has 1 N–H and O–H groups in total. The van der Waals surface area contributed by atoms with Crippen LogP contribution in [-0.4, -0.2) is 31.2 Å². The molecule has 1 unspecified atom stereocenters. The molecular formula is C26H33O4W-. The summed E-state index contributed by atoms with van der Waals surface area (Å²) in [5.74, 6) is 4.24. The minimum atomic E-state index is -0.640. The first kappa shape index (κ1) is 28.9. The van der Waals surface area contributed by atoms with Gasteiger partial charge in [0.2, 0.25) is 0 Å². The summed E-state index contributed by atoms with van der Waals surface area (Å²) in [5.41, 5.74) is 6.92. The molecule has 0 aliphatic heterocycles. The van der Waals surface area contributed by atoms with Gasteiger partial charge in [-0.2, -0.15) is 0 Å². The summed E-state index contributed by atoms with van der Waals surface area (Å²) in [4.78, 5) is 8.00. The van der Waals surface area contributed by atoms with Gasteiger partial charge in [0.05, 0.1) is 12.7 Å². The predicted octanol–water partition coefficient (Wildman–Crippen LogP) is 4.69. The molecule has 0 heterocycles. The fourth-order valence-electron chi connectivity index (χ4n) is 3.52. The summed E-state index contributed by atoms with van der Waals surface area (Å²) >= 11 is 0. The van der Waals surface area contributed by atoms with E-state index < -0.39 is 6.10 Å². The van der Waals surface area contributed by atoms with E-state index >= 15 is 0 Å². The van der Waals surface area contributed by atoms with Gasteiger partial charge in [0.25, 0.3) is 0 Å². The third-order valence-corrected chi connectivity index (χ3v) is 4.61. The molecule has 0 spiro atoms. The molecule has 0 fully saturated rings. The minimum Gasteiger partial charge on any atom is -0.496 e. The standard InChI is InChI=1S/C25H31O3.CH2O.W/c1-7-9-23(26)16-28-25-19(5)13-22(14-20(25)6)15-21-11-17(3)24(18(4)12-21)27-10-8-2;1-2;/h1,11-14,23,26H,2,8-10,15-16H2,3-6H3;1H2;/q-1;;. The van der Waals surface area contributed by atoms with E-state index in [1.807, 2.05) is 20.6 Å². The van der Waals surface area contributed by atoms with Gasteiger partial charge in [-0.05, 0) is 67.5 Å². The molecule has 0 saturated heterocycles. The normalized spacial score (nSPS) is 10.7. The third kappa shape index (κ3) is 8.89. The first-order valence-electron chi connectivity index (χ1n) is 10.0. The Balaban J connectivity index is 0.00000291. The van der Waals surface area contributed by atoms with Crippen molar-refractivity contribution in [3.8, 4) is 23.8 Å². The van der Waals surface area contributed by atoms with Crippen molar-refractivity contribution >= 4 is 6.79 Å². The predicted molar refractivity (Wildman–Crippen MR) is 122 cm³/mol. The van der Waals surface area contributed by atoms with E-state index in [0.717, 1.165) is 46.6 Å². The SMILES string of the molecule is C#CCC(O)COc1c(C)cc(Cc2cc(C)c(OCC[CH2-])c(C)c2)cc1C.C=O.[W]. The summed E-state index contributed by atoms with van der Waals surface area (Å²) in [7, 11) is 0. The first-order valence-corrected chi connectivity index (χ1v) is 10.0. The van der Waals surface area contributed by atoms with E-state index in [9.17, 15) is 5.11 Å². The van der Waals surface area contributed by atoms with E-state index in [2.05, 4.69) is 51.0 Å². The van der Waals surface area contributed by atoms with Gasteiger partial charge in [-0.25, -0.2) is 0 Å². The molecule has 4 nitrogen and oxygen atoms in total. The zero-order valence-corrected chi connectivity index (χ0v) is 21.9. The number of carbonyl (C=O) groups excluding carboxylic acids is 1. The summed E-state index contributed by atoms with van der Waals surface area (Å²) in [6, 6.07) is 8.68. The van der Waals surface area contributed by atoms with Crippen LogP contribution in [0.25, 0.3) is 0 Å². The molecule has 168 valence electrons. The molecule has 0 amide bonds. The number of aliphatic hydroxyl groups excluding tert-OH is 1. The monoisotopic (exact) mass is 593 g/mol. The number of ether oxygens (including phenoxy) is 2. The van der Waals surface area contributed by atoms with Crippen molar-refractivity contribution in [3.05, 3.63) is 64.6 Å². The van der Waals surface area contributed by atoms with Gasteiger partial charge in [-0.1, -0.05) is 24.3 Å². The quantitative estimate of drug-likeness (QED) is 0.339. The average Bonchev–Trinajstić information content (AvgIpc) is 2.68. The number of benzene rings is 2. The maximum atomic E-state index is 9.79. The molecular weight excluding hydrogens is 560 g/mol. The van der Waals surface area contributed by atoms with E-state index in [4.69, 9.17) is 20.7 Å². The Morgan fingerprint density at radius 3 is 1.77 bits per heavy atom. The van der Waals surface area contributed by atoms with Gasteiger partial charge in [0, 0.05) is 27.5 Å². The van der Waals surface area contributed by atoms with Gasteiger partial charge in [0.15, 0.2) is 0 Å². The Bertz CT molecular complexity index is 824. The number of aliphatic hydroxyl groups is 1. The third-order valence-electron chi connectivity index (χ3n) is 4.61. The van der Waals surface area contributed by atoms with Crippen LogP contribution in [0.1, 0.15) is 46.2 Å². The van der Waals surface area contributed by atoms with Gasteiger partial charge in [-0.3, -0.25) is 0 Å². The molecule has 0 aliphatic rings. The van der Waals surface area contributed by atoms with Crippen LogP contribution in [0.3, 0.4) is 0 Å². The second-order valence-corrected chi connectivity index (χ2v) is 7.37. The topological polar surface area (TPSA) is 55.8 Å². The second-order valence-electron chi connectivity index (χ2n) is 7.37. The first-order chi connectivity index (χ1) is 14.3. The summed E-state index contributed by atoms with van der Waals surface area (Å²) in [5, 5.41) is 9.79. The Morgan fingerprint density at radius 2 is 1.39 bits per heavy atom. The zero-order chi connectivity index (χ0) is 22.7. The molecule has 0 aliphatic carbocycles. The maximum Gasteiger partial charge on any atom is 0.125 e. The number of terminal acetylenes is 1. The molecule has 0 saturated carbocycles. The van der Waals surface area contributed by atoms with Crippen LogP contribution in [0.2, 0.25) is 0 Å². The van der Waals surface area contributed by atoms with Crippen LogP contribution in [0.15, 0.2) is 24.3 Å². The average molecular weight is 593 g/mol. The smallest absolute Gasteiger partial charge is 0.125 e. The Kier molecular flexibility index (Phi) is 13.8. The largest absolute Gasteiger partial charge is 0.496 e. The zero-order valence-electron chi connectivity index (χ0n) is 19.0. The Morgan fingerprint density at radius 1 is 0.968 bits per heavy atom. The van der Waals surface area contributed by atoms with Crippen LogP contribution >= 0.6 is 0 Å². The number of rotatable bonds is 9. The van der Waals surface area contributed by atoms with Crippen LogP contribution in [-0.2, 0) is 32.3 Å². The van der Waals surface area contributed by atoms with Crippen LogP contribution in [0.4, 0.5) is 0 Å². The fraction of sp³-hybridized carbons (Fsp3) is 0.385. The number of hydrogen-bond donors (Lipinski definition) is 1. The maximum absolute atomic E-state index is 9.79. The van der Waals surface area contributed by atoms with Crippen molar-refractivity contribution in [2.75, 3.05) is 13.2 Å². The summed E-state index contributed by atoms with van der Waals surface area (Å²) in [6.07, 6.45) is 6.49. The number of aryl methyl sites for hydroxylation is 4. The van der Waals surface area contributed by atoms with Gasteiger partial charge >= 0.3 is 0 Å². The van der Waals surface area contributed by atoms with Gasteiger partial charge in [0.1, 0.15) is 24.9 Å². The molecule has 31 heavy (non-hydrogen) atoms. The van der Waals surface area contributed by atoms with Crippen molar-refractivity contribution < 1.29 is 40.4 Å². The minimum absolute atomic E-state index is 0. The molecule has 5 heteroatoms. The van der Waals surface area contributed by atoms with Crippen LogP contribution in [0, 0.1) is 47.0 Å². The summed E-state index contributed by atoms with van der Waals surface area (Å²) in [6.45, 7) is 14.9. The molecule has 2 aromatic rings. The molecule has 0 radical (unpaired) electrons. The fourth-order valence-corrected chi connectivity index (χ4v) is 3.52. The van der Waals surface area contributed by atoms with Gasteiger partial charge < -0.3 is 26.3 Å². The van der Waals surface area contributed by atoms with E-state index in [-0.39, 0.29) is 27.7 Å². The van der Waals surface area contributed by atoms with E-state index in [1.54, 1.807) is 0 Å². The van der Waals surface area contributed by atoms with Gasteiger partial charge in [-0.15, -0.1) is 18.8 Å². The van der Waals surface area contributed by atoms with Crippen molar-refractivity contribution in [1.29, 1.82) is 0 Å². The number of hydrogen-bond acceptors (Lipinski definition) is 4. The van der Waals surface area contributed by atoms with Crippen molar-refractivity contribution in [2.24, 2.45) is 0 Å². The molecule has 1 atom stereocenters. The van der Waals surface area contributed by atoms with E-state index in [1.165, 1.54) is 11.1 Å². The molecule has 2 rings (SSSR count). The van der Waals surface area contributed by atoms with Crippen molar-refractivity contribution in [3.63, 3.8) is 0 Å². The van der Waals surface area contributed by atoms with Crippen molar-refractivity contribution in [1.82, 2.24) is 0 Å². The van der Waals surface area contributed by atoms with Crippen LogP contribution in [0.5, 0.6) is 11.5 Å². The van der Waals surface area contributed by atoms with E-state index in [0.29, 0.717) is 13.0 Å². The molecule has 0 bridgehead atoms. The summed E-state index contributed by atoms with van der Waals surface area (Å²) < 4.78 is 11.6. The molecule has 0 aromatic heterocycles. The molecule has 2 aromatic carbocycles. The van der Waals surface area contributed by atoms with Crippen molar-refractivity contribution in [2.45, 2.75) is 53.1 Å². The Hall–Kier alpha value is -2.08. The Labute approximate surface area is 201 Å². The second kappa shape index (κ2) is 14.8. The number of carbonyl (C=O) groups is 1.